The van der Waals surface area contributed by atoms with Crippen LogP contribution >= 0.6 is 34.0 Å². The van der Waals surface area contributed by atoms with Gasteiger partial charge in [0.2, 0.25) is 10.8 Å². The molecule has 15 rings (SSSR count). The highest BCUT2D eigenvalue weighted by atomic mass is 32.1. The zero-order valence-electron chi connectivity index (χ0n) is 46.9. The summed E-state index contributed by atoms with van der Waals surface area (Å²) in [5, 5.41) is 15.2. The van der Waals surface area contributed by atoms with E-state index in [9.17, 15) is 19.5 Å². The molecule has 4 aliphatic carbocycles. The van der Waals surface area contributed by atoms with Crippen molar-refractivity contribution < 1.29 is 57.6 Å². The molecule has 89 heavy (non-hydrogen) atoms. The summed E-state index contributed by atoms with van der Waals surface area (Å²) in [4.78, 5) is 109. The number of ether oxygens (including phenoxy) is 4. The van der Waals surface area contributed by atoms with Crippen LogP contribution in [0.5, 0.6) is 0 Å². The van der Waals surface area contributed by atoms with Gasteiger partial charge in [0.15, 0.2) is 17.3 Å². The fourth-order valence-electron chi connectivity index (χ4n) is 12.6. The minimum Gasteiger partial charge on any atom is -0.459 e. The highest BCUT2D eigenvalue weighted by molar-refractivity contribution is 7.39. The van der Waals surface area contributed by atoms with Gasteiger partial charge in [0.1, 0.15) is 32.5 Å². The summed E-state index contributed by atoms with van der Waals surface area (Å²) >= 11 is 3.61. The normalized spacial score (nSPS) is 16.3. The molecule has 0 bridgehead atoms. The third-order valence-corrected chi connectivity index (χ3v) is 20.9. The molecule has 4 aliphatic rings. The Morgan fingerprint density at radius 1 is 0.404 bits per heavy atom. The van der Waals surface area contributed by atoms with Crippen LogP contribution in [0, 0.1) is 0 Å². The van der Waals surface area contributed by atoms with Crippen molar-refractivity contribution in [1.82, 2.24) is 0 Å². The molecule has 1 atom stereocenters. The van der Waals surface area contributed by atoms with Gasteiger partial charge >= 0.3 is 23.9 Å². The number of esters is 4. The van der Waals surface area contributed by atoms with Crippen LogP contribution in [0.2, 0.25) is 0 Å². The molecule has 15 heteroatoms. The smallest absolute Gasteiger partial charge is 0.333 e. The molecule has 0 spiro atoms. The van der Waals surface area contributed by atoms with Gasteiger partial charge < -0.3 is 24.1 Å². The molecular weight excluding hydrogens is 1180 g/mol. The molecule has 0 fully saturated rings. The quantitative estimate of drug-likeness (QED) is 0.0359. The fourth-order valence-corrected chi connectivity index (χ4v) is 17.2. The average molecular weight is 1220 g/mol. The molecule has 3 heterocycles. The Morgan fingerprint density at radius 2 is 0.742 bits per heavy atom. The Kier molecular flexibility index (Phi) is 13.6. The summed E-state index contributed by atoms with van der Waals surface area (Å²) < 4.78 is 27.1. The van der Waals surface area contributed by atoms with Gasteiger partial charge in [-0.3, -0.25) is 33.6 Å². The van der Waals surface area contributed by atoms with Crippen molar-refractivity contribution in [3.8, 4) is 0 Å². The number of hydrogen-bond donors (Lipinski definition) is 1. The van der Waals surface area contributed by atoms with Crippen molar-refractivity contribution in [2.24, 2.45) is 0 Å². The maximum Gasteiger partial charge on any atom is 0.333 e. The van der Waals surface area contributed by atoms with Crippen molar-refractivity contribution in [3.05, 3.63) is 294 Å². The van der Waals surface area contributed by atoms with Gasteiger partial charge in [0.05, 0.1) is 24.4 Å². The summed E-state index contributed by atoms with van der Waals surface area (Å²) in [6.45, 7) is -1.07. The fraction of sp³-hybridized carbons (Fsp3) is 0.0946. The van der Waals surface area contributed by atoms with Crippen LogP contribution in [-0.2, 0) is 75.4 Å². The third kappa shape index (κ3) is 8.90. The number of allylic oxidation sites excluding steroid dienone is 3. The van der Waals surface area contributed by atoms with Crippen molar-refractivity contribution >= 4 is 128 Å². The van der Waals surface area contributed by atoms with E-state index in [1.54, 1.807) is 133 Å². The van der Waals surface area contributed by atoms with Crippen molar-refractivity contribution in [3.63, 3.8) is 0 Å². The first kappa shape index (κ1) is 55.3. The van der Waals surface area contributed by atoms with Crippen LogP contribution in [0.4, 0.5) is 0 Å². The Labute approximate surface area is 519 Å². The zero-order chi connectivity index (χ0) is 60.7. The van der Waals surface area contributed by atoms with Crippen LogP contribution in [0.15, 0.2) is 229 Å². The lowest BCUT2D eigenvalue weighted by Gasteiger charge is -2.29. The average Bonchev–Trinajstić information content (AvgIpc) is 1.52. The molecule has 0 amide bonds. The number of thiophene rings is 3. The van der Waals surface area contributed by atoms with Crippen molar-refractivity contribution in [2.45, 2.75) is 43.4 Å². The molecule has 8 aromatic carbocycles. The second-order valence-corrected chi connectivity index (χ2v) is 25.3. The van der Waals surface area contributed by atoms with E-state index >= 15 is 19.2 Å². The summed E-state index contributed by atoms with van der Waals surface area (Å²) in [6.07, 6.45) is 4.56. The third-order valence-electron chi connectivity index (χ3n) is 16.9. The molecule has 432 valence electrons. The molecule has 3 aromatic heterocycles. The zero-order valence-corrected chi connectivity index (χ0v) is 49.3. The first-order chi connectivity index (χ1) is 43.4. The Balaban J connectivity index is 0.939. The minimum absolute atomic E-state index is 0.0113. The van der Waals surface area contributed by atoms with Crippen LogP contribution in [0.1, 0.15) is 85.9 Å². The molecule has 1 unspecified atom stereocenters. The van der Waals surface area contributed by atoms with E-state index in [0.717, 1.165) is 32.9 Å². The maximum absolute atomic E-state index is 15.9. The number of hydrogen-bond acceptors (Lipinski definition) is 15. The van der Waals surface area contributed by atoms with E-state index in [2.05, 4.69) is 0 Å². The predicted molar refractivity (Wildman–Crippen MR) is 341 cm³/mol. The van der Waals surface area contributed by atoms with E-state index in [0.29, 0.717) is 56.4 Å². The van der Waals surface area contributed by atoms with Crippen LogP contribution < -0.4 is 0 Å². The number of benzene rings is 8. The SMILES string of the molecule is O=C1C(=CC2=Cc3sc4c(sc5c6c(sc54)C=C(/C=C4/C(=O)c5cc7ccccc7cc5C4O)C6(C(=O)OCc4ccccc4)C(=O)OCc4ccccc4)c3C2(C(=O)OCc2ccccc2)C(=O)OCc2ccccc2)C(=O)c2cc3ccccc3cc21. The highest BCUT2D eigenvalue weighted by Gasteiger charge is 2.62. The van der Waals surface area contributed by atoms with Crippen molar-refractivity contribution in [1.29, 1.82) is 0 Å². The first-order valence-electron chi connectivity index (χ1n) is 28.5. The molecule has 11 aromatic rings. The van der Waals surface area contributed by atoms with Crippen LogP contribution in [0.25, 0.3) is 52.5 Å². The second-order valence-electron chi connectivity index (χ2n) is 22.1. The van der Waals surface area contributed by atoms with Crippen LogP contribution in [-0.4, -0.2) is 46.3 Å². The molecule has 0 radical (unpaired) electrons. The lowest BCUT2D eigenvalue weighted by atomic mass is 9.76. The number of carbonyl (C=O) groups excluding carboxylic acids is 7. The van der Waals surface area contributed by atoms with Gasteiger partial charge in [0, 0.05) is 43.1 Å². The lowest BCUT2D eigenvalue weighted by Crippen LogP contribution is -2.46. The molecule has 0 aliphatic heterocycles. The number of ketones is 3. The molecule has 0 saturated carbocycles. The highest BCUT2D eigenvalue weighted by Crippen LogP contribution is 2.61. The Bertz CT molecular complexity index is 4840. The van der Waals surface area contributed by atoms with E-state index in [-0.39, 0.29) is 76.5 Å². The summed E-state index contributed by atoms with van der Waals surface area (Å²) in [5.41, 5.74) is -1.55. The van der Waals surface area contributed by atoms with E-state index in [4.69, 9.17) is 18.9 Å². The molecule has 12 nitrogen and oxygen atoms in total. The minimum atomic E-state index is -2.49. The van der Waals surface area contributed by atoms with Gasteiger partial charge in [-0.2, -0.15) is 0 Å². The summed E-state index contributed by atoms with van der Waals surface area (Å²) in [6, 6.07) is 57.4. The van der Waals surface area contributed by atoms with E-state index in [1.807, 2.05) is 72.8 Å². The van der Waals surface area contributed by atoms with Gasteiger partial charge in [-0.15, -0.1) is 34.0 Å². The molecular formula is C74H46O12S3. The number of aliphatic hydroxyl groups excluding tert-OH is 1. The van der Waals surface area contributed by atoms with Crippen LogP contribution in [0.3, 0.4) is 0 Å². The number of Topliss-reactive ketones (excluding diaryl/α,β-unsaturated/α-hetero) is 3. The summed E-state index contributed by atoms with van der Waals surface area (Å²) in [5.74, 6) is -5.82. The van der Waals surface area contributed by atoms with E-state index in [1.165, 1.54) is 34.8 Å². The monoisotopic (exact) mass is 1220 g/mol. The maximum atomic E-state index is 15.9. The van der Waals surface area contributed by atoms with E-state index < -0.39 is 58.2 Å². The number of aliphatic hydroxyl groups is 1. The standard InChI is InChI=1S/C74H46O12S3/c75-61-51-29-45-25-13-14-26-46(45)30-52(51)62(76)55(61)33-49-35-57-59(73(49,69(79)83-37-41-17-5-1-6-18-41)70(80)84-38-42-19-7-2-8-20-42)65-67(87-57)68-66(89-65)60-58(88-68)36-50(34-56-63(77)53-31-47-27-15-16-28-48(47)32-54(53)64(56)78)74(60,71(81)85-39-43-21-9-3-10-22-43)72(82)86-40-44-23-11-4-12-24-44/h1-36,61,75H,37-40H2/b55-33+. The van der Waals surface area contributed by atoms with Crippen molar-refractivity contribution in [2.75, 3.05) is 0 Å². The first-order valence-corrected chi connectivity index (χ1v) is 31.0. The van der Waals surface area contributed by atoms with Gasteiger partial charge in [-0.25, -0.2) is 0 Å². The van der Waals surface area contributed by atoms with Gasteiger partial charge in [-0.05, 0) is 109 Å². The Morgan fingerprint density at radius 3 is 1.12 bits per heavy atom. The Hall–Kier alpha value is -10.3. The number of rotatable bonds is 14. The molecule has 1 N–H and O–H groups in total. The second kappa shape index (κ2) is 21.8. The topological polar surface area (TPSA) is 177 Å². The number of fused-ring (bicyclic) bond motifs is 11. The largest absolute Gasteiger partial charge is 0.459 e. The lowest BCUT2D eigenvalue weighted by molar-refractivity contribution is -0.166. The molecule has 0 saturated heterocycles. The number of carbonyl (C=O) groups is 7. The summed E-state index contributed by atoms with van der Waals surface area (Å²) in [7, 11) is 0. The van der Waals surface area contributed by atoms with Gasteiger partial charge in [-0.1, -0.05) is 170 Å². The predicted octanol–water partition coefficient (Wildman–Crippen LogP) is 14.6. The van der Waals surface area contributed by atoms with Gasteiger partial charge in [0.25, 0.3) is 0 Å².